The predicted molar refractivity (Wildman–Crippen MR) is 163 cm³/mol. The van der Waals surface area contributed by atoms with Gasteiger partial charge in [0.25, 0.3) is 5.56 Å². The van der Waals surface area contributed by atoms with Crippen molar-refractivity contribution >= 4 is 50.9 Å². The van der Waals surface area contributed by atoms with E-state index in [0.717, 1.165) is 16.7 Å². The summed E-state index contributed by atoms with van der Waals surface area (Å²) in [5.74, 6) is 0.840. The number of nitrogens with zero attached hydrogens (tertiary/aromatic N) is 2. The third kappa shape index (κ3) is 6.17. The Bertz CT molecular complexity index is 1810. The molecule has 0 spiro atoms. The molecule has 4 aromatic rings. The first-order valence-electron chi connectivity index (χ1n) is 12.8. The van der Waals surface area contributed by atoms with E-state index in [-0.39, 0.29) is 12.2 Å². The van der Waals surface area contributed by atoms with Crippen LogP contribution in [0, 0.1) is 0 Å². The zero-order valence-electron chi connectivity index (χ0n) is 22.5. The minimum atomic E-state index is -0.710. The quantitative estimate of drug-likeness (QED) is 0.225. The molecule has 0 bridgehead atoms. The van der Waals surface area contributed by atoms with Crippen LogP contribution in [0.2, 0.25) is 5.02 Å². The van der Waals surface area contributed by atoms with Crippen LogP contribution >= 0.6 is 38.9 Å². The van der Waals surface area contributed by atoms with Crippen molar-refractivity contribution in [3.05, 3.63) is 124 Å². The van der Waals surface area contributed by atoms with Gasteiger partial charge < -0.3 is 14.2 Å². The second-order valence-corrected chi connectivity index (χ2v) is 11.5. The van der Waals surface area contributed by atoms with E-state index < -0.39 is 12.0 Å². The summed E-state index contributed by atoms with van der Waals surface area (Å²) in [5, 5.41) is 0.679. The van der Waals surface area contributed by atoms with E-state index in [9.17, 15) is 9.59 Å². The molecule has 3 aromatic carbocycles. The Morgan fingerprint density at radius 1 is 1.12 bits per heavy atom. The molecule has 1 atom stereocenters. The highest BCUT2D eigenvalue weighted by Gasteiger charge is 2.33. The molecular formula is C31H26BrClN2O5S. The van der Waals surface area contributed by atoms with E-state index in [4.69, 9.17) is 25.8 Å². The van der Waals surface area contributed by atoms with Crippen molar-refractivity contribution < 1.29 is 19.0 Å². The smallest absolute Gasteiger partial charge is 0.338 e. The number of esters is 1. The number of fused-ring (bicyclic) bond motifs is 1. The Hall–Kier alpha value is -3.66. The summed E-state index contributed by atoms with van der Waals surface area (Å²) < 4.78 is 19.4. The van der Waals surface area contributed by atoms with Crippen LogP contribution in [0.5, 0.6) is 11.5 Å². The third-order valence-electron chi connectivity index (χ3n) is 6.51. The number of benzene rings is 3. The molecule has 1 aromatic heterocycles. The van der Waals surface area contributed by atoms with E-state index in [2.05, 4.69) is 20.9 Å². The standard InChI is InChI=1S/C31H26BrClN2O5S/c1-4-39-30(37)27-18(2)34-31-35(28(27)21-9-14-25(38-3)24(32)16-21)29(36)26(41-31)15-19-7-12-23(13-8-19)40-17-20-5-10-22(33)11-6-20/h5-16,28H,4,17H2,1-3H3/b26-15+/t28-/m1/s1. The minimum absolute atomic E-state index is 0.207. The molecule has 0 saturated heterocycles. The Morgan fingerprint density at radius 3 is 2.51 bits per heavy atom. The van der Waals surface area contributed by atoms with Gasteiger partial charge in [-0.15, -0.1) is 0 Å². The second kappa shape index (κ2) is 12.5. The lowest BCUT2D eigenvalue weighted by atomic mass is 9.96. The maximum Gasteiger partial charge on any atom is 0.338 e. The van der Waals surface area contributed by atoms with Gasteiger partial charge in [-0.25, -0.2) is 9.79 Å². The highest BCUT2D eigenvalue weighted by atomic mass is 79.9. The number of hydrogen-bond acceptors (Lipinski definition) is 7. The molecule has 0 saturated carbocycles. The first kappa shape index (κ1) is 28.9. The lowest BCUT2D eigenvalue weighted by molar-refractivity contribution is -0.139. The Morgan fingerprint density at radius 2 is 1.85 bits per heavy atom. The number of rotatable bonds is 8. The maximum atomic E-state index is 13.8. The summed E-state index contributed by atoms with van der Waals surface area (Å²) in [6.07, 6.45) is 1.82. The molecule has 7 nitrogen and oxygen atoms in total. The van der Waals surface area contributed by atoms with Crippen molar-refractivity contribution in [3.8, 4) is 11.5 Å². The van der Waals surface area contributed by atoms with Gasteiger partial charge in [0.1, 0.15) is 18.1 Å². The topological polar surface area (TPSA) is 79.1 Å². The monoisotopic (exact) mass is 652 g/mol. The summed E-state index contributed by atoms with van der Waals surface area (Å²) in [6.45, 7) is 4.13. The minimum Gasteiger partial charge on any atom is -0.496 e. The fourth-order valence-electron chi connectivity index (χ4n) is 4.52. The van der Waals surface area contributed by atoms with E-state index in [0.29, 0.717) is 48.2 Å². The number of methoxy groups -OCH3 is 1. The van der Waals surface area contributed by atoms with E-state index in [1.165, 1.54) is 11.3 Å². The number of halogens is 2. The van der Waals surface area contributed by atoms with Crippen LogP contribution in [0.15, 0.2) is 92.3 Å². The zero-order chi connectivity index (χ0) is 29.1. The van der Waals surface area contributed by atoms with Crippen LogP contribution in [0.1, 0.15) is 36.6 Å². The number of carbonyl (C=O) groups is 1. The van der Waals surface area contributed by atoms with Crippen LogP contribution in [-0.2, 0) is 16.1 Å². The number of aromatic nitrogens is 1. The number of hydrogen-bond donors (Lipinski definition) is 0. The van der Waals surface area contributed by atoms with Gasteiger partial charge in [0, 0.05) is 5.02 Å². The SMILES string of the molecule is CCOC(=O)C1=C(C)N=c2s/c(=C/c3ccc(OCc4ccc(Cl)cc4)cc3)c(=O)n2[C@@H]1c1ccc(OC)c(Br)c1. The molecular weight excluding hydrogens is 628 g/mol. The van der Waals surface area contributed by atoms with Crippen molar-refractivity contribution in [2.75, 3.05) is 13.7 Å². The molecule has 2 heterocycles. The molecule has 0 aliphatic carbocycles. The summed E-state index contributed by atoms with van der Waals surface area (Å²) in [7, 11) is 1.58. The molecule has 0 unspecified atom stereocenters. The van der Waals surface area contributed by atoms with Crippen LogP contribution in [0.4, 0.5) is 0 Å². The predicted octanol–water partition coefficient (Wildman–Crippen LogP) is 5.80. The van der Waals surface area contributed by atoms with Gasteiger partial charge in [0.15, 0.2) is 4.80 Å². The fraction of sp³-hybridized carbons (Fsp3) is 0.194. The van der Waals surface area contributed by atoms with Crippen LogP contribution in [0.3, 0.4) is 0 Å². The lowest BCUT2D eigenvalue weighted by Gasteiger charge is -2.25. The first-order valence-corrected chi connectivity index (χ1v) is 14.8. The Balaban J connectivity index is 1.51. The van der Waals surface area contributed by atoms with Gasteiger partial charge in [0.05, 0.1) is 40.0 Å². The number of ether oxygens (including phenoxy) is 3. The lowest BCUT2D eigenvalue weighted by Crippen LogP contribution is -2.39. The summed E-state index contributed by atoms with van der Waals surface area (Å²) in [5.41, 5.74) is 3.16. The van der Waals surface area contributed by atoms with E-state index in [1.54, 1.807) is 31.6 Å². The second-order valence-electron chi connectivity index (χ2n) is 9.18. The van der Waals surface area contributed by atoms with Gasteiger partial charge in [-0.1, -0.05) is 53.3 Å². The largest absolute Gasteiger partial charge is 0.496 e. The fourth-order valence-corrected chi connectivity index (χ4v) is 6.25. The van der Waals surface area contributed by atoms with Gasteiger partial charge in [-0.3, -0.25) is 9.36 Å². The molecule has 1 aliphatic heterocycles. The van der Waals surface area contributed by atoms with Crippen molar-refractivity contribution in [1.29, 1.82) is 0 Å². The third-order valence-corrected chi connectivity index (χ3v) is 8.36. The van der Waals surface area contributed by atoms with Crippen LogP contribution in [-0.4, -0.2) is 24.3 Å². The van der Waals surface area contributed by atoms with Crippen molar-refractivity contribution in [3.63, 3.8) is 0 Å². The van der Waals surface area contributed by atoms with Crippen molar-refractivity contribution in [2.24, 2.45) is 4.99 Å². The maximum absolute atomic E-state index is 13.8. The average molecular weight is 654 g/mol. The normalized spacial score (nSPS) is 14.9. The summed E-state index contributed by atoms with van der Waals surface area (Å²) >= 11 is 10.8. The summed E-state index contributed by atoms with van der Waals surface area (Å²) in [6, 6.07) is 19.8. The van der Waals surface area contributed by atoms with Crippen LogP contribution < -0.4 is 24.4 Å². The number of allylic oxidation sites excluding steroid dienone is 1. The van der Waals surface area contributed by atoms with Gasteiger partial charge in [-0.05, 0) is 88.9 Å². The number of carbonyl (C=O) groups excluding carboxylic acids is 1. The molecule has 41 heavy (non-hydrogen) atoms. The molecule has 0 amide bonds. The van der Waals surface area contributed by atoms with Gasteiger partial charge in [-0.2, -0.15) is 0 Å². The van der Waals surface area contributed by atoms with E-state index in [1.807, 2.05) is 66.7 Å². The van der Waals surface area contributed by atoms with Gasteiger partial charge in [0.2, 0.25) is 0 Å². The van der Waals surface area contributed by atoms with Crippen molar-refractivity contribution in [1.82, 2.24) is 4.57 Å². The molecule has 1 aliphatic rings. The molecule has 0 fully saturated rings. The van der Waals surface area contributed by atoms with Crippen molar-refractivity contribution in [2.45, 2.75) is 26.5 Å². The highest BCUT2D eigenvalue weighted by molar-refractivity contribution is 9.10. The first-order chi connectivity index (χ1) is 19.8. The van der Waals surface area contributed by atoms with Crippen LogP contribution in [0.25, 0.3) is 6.08 Å². The van der Waals surface area contributed by atoms with Gasteiger partial charge >= 0.3 is 5.97 Å². The summed E-state index contributed by atoms with van der Waals surface area (Å²) in [4.78, 5) is 32.1. The average Bonchev–Trinajstić information content (AvgIpc) is 3.26. The van der Waals surface area contributed by atoms with E-state index >= 15 is 0 Å². The molecule has 10 heteroatoms. The molecule has 210 valence electrons. The molecule has 0 N–H and O–H groups in total. The zero-order valence-corrected chi connectivity index (χ0v) is 25.7. The number of thiazole rings is 1. The Kier molecular flexibility index (Phi) is 8.77. The highest BCUT2D eigenvalue weighted by Crippen LogP contribution is 2.35. The Labute approximate surface area is 254 Å². The molecule has 5 rings (SSSR count). The molecule has 0 radical (unpaired) electrons.